The minimum absolute atomic E-state index is 0.118. The van der Waals surface area contributed by atoms with E-state index in [0.29, 0.717) is 30.0 Å². The molecule has 156 valence electrons. The molecule has 0 radical (unpaired) electrons. The van der Waals surface area contributed by atoms with Gasteiger partial charge in [-0.3, -0.25) is 4.79 Å². The second-order valence-corrected chi connectivity index (χ2v) is 8.50. The smallest absolute Gasteiger partial charge is 0.277 e. The number of carbonyl (C=O) groups is 1. The molecule has 1 aliphatic heterocycles. The Morgan fingerprint density at radius 1 is 1.14 bits per heavy atom. The number of carbonyl (C=O) groups excluding carboxylic acids is 1. The molecular weight excluding hydrogens is 388 g/mol. The van der Waals surface area contributed by atoms with Crippen LogP contribution in [0.1, 0.15) is 43.9 Å². The van der Waals surface area contributed by atoms with E-state index < -0.39 is 0 Å². The minimum atomic E-state index is 0.118. The number of benzene rings is 1. The third-order valence-corrected chi connectivity index (χ3v) is 6.56. The van der Waals surface area contributed by atoms with E-state index in [9.17, 15) is 4.79 Å². The SMILES string of the molecule is COc1ccccc1N1CCN(C(=O)CSc2nnc(C3CCCCC3)o2)CC1. The Morgan fingerprint density at radius 3 is 2.66 bits per heavy atom. The number of hydrogen-bond acceptors (Lipinski definition) is 7. The lowest BCUT2D eigenvalue weighted by molar-refractivity contribution is -0.128. The predicted molar refractivity (Wildman–Crippen MR) is 113 cm³/mol. The average molecular weight is 417 g/mol. The lowest BCUT2D eigenvalue weighted by atomic mass is 9.89. The molecule has 0 spiro atoms. The van der Waals surface area contributed by atoms with Gasteiger partial charge in [-0.25, -0.2) is 0 Å². The van der Waals surface area contributed by atoms with Gasteiger partial charge >= 0.3 is 0 Å². The molecule has 7 nitrogen and oxygen atoms in total. The lowest BCUT2D eigenvalue weighted by Gasteiger charge is -2.36. The standard InChI is InChI=1S/C21H28N4O3S/c1-27-18-10-6-5-9-17(18)24-11-13-25(14-12-24)19(26)15-29-21-23-22-20(28-21)16-7-3-2-4-8-16/h5-6,9-10,16H,2-4,7-8,11-15H2,1H3. The molecule has 8 heteroatoms. The number of para-hydroxylation sites is 2. The van der Waals surface area contributed by atoms with Crippen molar-refractivity contribution >= 4 is 23.4 Å². The van der Waals surface area contributed by atoms with Crippen LogP contribution in [-0.2, 0) is 4.79 Å². The molecule has 29 heavy (non-hydrogen) atoms. The third-order valence-electron chi connectivity index (χ3n) is 5.75. The second-order valence-electron chi connectivity index (χ2n) is 7.57. The van der Waals surface area contributed by atoms with Gasteiger partial charge in [0.05, 0.1) is 18.6 Å². The summed E-state index contributed by atoms with van der Waals surface area (Å²) in [4.78, 5) is 16.8. The molecule has 2 fully saturated rings. The van der Waals surface area contributed by atoms with Gasteiger partial charge in [0.25, 0.3) is 5.22 Å². The predicted octanol–water partition coefficient (Wildman–Crippen LogP) is 3.57. The molecule has 0 atom stereocenters. The molecule has 0 bridgehead atoms. The molecular formula is C21H28N4O3S. The molecule has 0 N–H and O–H groups in total. The number of methoxy groups -OCH3 is 1. The maximum atomic E-state index is 12.6. The number of piperazine rings is 1. The summed E-state index contributed by atoms with van der Waals surface area (Å²) in [5.41, 5.74) is 1.08. The highest BCUT2D eigenvalue weighted by molar-refractivity contribution is 7.99. The van der Waals surface area contributed by atoms with Crippen molar-refractivity contribution < 1.29 is 13.9 Å². The summed E-state index contributed by atoms with van der Waals surface area (Å²) >= 11 is 1.35. The van der Waals surface area contributed by atoms with E-state index in [1.54, 1.807) is 7.11 Å². The molecule has 1 aliphatic carbocycles. The van der Waals surface area contributed by atoms with Crippen molar-refractivity contribution in [2.24, 2.45) is 0 Å². The number of nitrogens with zero attached hydrogens (tertiary/aromatic N) is 4. The lowest BCUT2D eigenvalue weighted by Crippen LogP contribution is -2.49. The number of amides is 1. The van der Waals surface area contributed by atoms with E-state index in [-0.39, 0.29) is 5.91 Å². The fourth-order valence-electron chi connectivity index (χ4n) is 4.10. The molecule has 2 heterocycles. The largest absolute Gasteiger partial charge is 0.495 e. The van der Waals surface area contributed by atoms with E-state index in [0.717, 1.165) is 43.3 Å². The Kier molecular flexibility index (Phi) is 6.59. The van der Waals surface area contributed by atoms with Crippen LogP contribution in [0.2, 0.25) is 0 Å². The third kappa shape index (κ3) is 4.86. The van der Waals surface area contributed by atoms with Crippen molar-refractivity contribution in [3.8, 4) is 5.75 Å². The van der Waals surface area contributed by atoms with Crippen LogP contribution in [0, 0.1) is 0 Å². The van der Waals surface area contributed by atoms with Crippen LogP contribution in [0.4, 0.5) is 5.69 Å². The highest BCUT2D eigenvalue weighted by Gasteiger charge is 2.24. The van der Waals surface area contributed by atoms with E-state index in [2.05, 4.69) is 21.2 Å². The van der Waals surface area contributed by atoms with Gasteiger partial charge in [-0.05, 0) is 25.0 Å². The molecule has 1 saturated heterocycles. The van der Waals surface area contributed by atoms with Gasteiger partial charge < -0.3 is 19.0 Å². The van der Waals surface area contributed by atoms with Crippen LogP contribution < -0.4 is 9.64 Å². The van der Waals surface area contributed by atoms with Gasteiger partial charge in [0.1, 0.15) is 5.75 Å². The first-order valence-electron chi connectivity index (χ1n) is 10.4. The summed E-state index contributed by atoms with van der Waals surface area (Å²) in [6.45, 7) is 3.00. The van der Waals surface area contributed by atoms with Gasteiger partial charge in [-0.15, -0.1) is 10.2 Å². The number of hydrogen-bond donors (Lipinski definition) is 0. The van der Waals surface area contributed by atoms with E-state index in [4.69, 9.17) is 9.15 Å². The first-order chi connectivity index (χ1) is 14.2. The fourth-order valence-corrected chi connectivity index (χ4v) is 4.77. The van der Waals surface area contributed by atoms with Crippen LogP contribution in [0.3, 0.4) is 0 Å². The summed E-state index contributed by atoms with van der Waals surface area (Å²) in [6.07, 6.45) is 6.01. The molecule has 2 aliphatic rings. The van der Waals surface area contributed by atoms with Gasteiger partial charge in [0.15, 0.2) is 0 Å². The highest BCUT2D eigenvalue weighted by atomic mass is 32.2. The van der Waals surface area contributed by atoms with Crippen molar-refractivity contribution in [2.75, 3.05) is 43.9 Å². The maximum absolute atomic E-state index is 12.6. The maximum Gasteiger partial charge on any atom is 0.277 e. The fraction of sp³-hybridized carbons (Fsp3) is 0.571. The number of rotatable bonds is 6. The summed E-state index contributed by atoms with van der Waals surface area (Å²) in [5, 5.41) is 8.85. The van der Waals surface area contributed by atoms with Crippen LogP contribution in [0.25, 0.3) is 0 Å². The zero-order valence-corrected chi connectivity index (χ0v) is 17.7. The van der Waals surface area contributed by atoms with Gasteiger partial charge in [-0.2, -0.15) is 0 Å². The number of anilines is 1. The first-order valence-corrected chi connectivity index (χ1v) is 11.3. The van der Waals surface area contributed by atoms with Crippen molar-refractivity contribution in [3.05, 3.63) is 30.2 Å². The number of thioether (sulfide) groups is 1. The van der Waals surface area contributed by atoms with Crippen LogP contribution in [0.15, 0.2) is 33.9 Å². The van der Waals surface area contributed by atoms with Crippen LogP contribution in [0.5, 0.6) is 5.75 Å². The highest BCUT2D eigenvalue weighted by Crippen LogP contribution is 2.33. The minimum Gasteiger partial charge on any atom is -0.495 e. The van der Waals surface area contributed by atoms with Crippen molar-refractivity contribution in [1.82, 2.24) is 15.1 Å². The summed E-state index contributed by atoms with van der Waals surface area (Å²) in [5.74, 6) is 2.45. The second kappa shape index (κ2) is 9.52. The van der Waals surface area contributed by atoms with Gasteiger partial charge in [-0.1, -0.05) is 43.2 Å². The molecule has 4 rings (SSSR count). The Balaban J connectivity index is 1.25. The molecule has 2 aromatic rings. The Labute approximate surface area is 175 Å². The van der Waals surface area contributed by atoms with Crippen molar-refractivity contribution in [1.29, 1.82) is 0 Å². The summed E-state index contributed by atoms with van der Waals surface area (Å²) < 4.78 is 11.3. The van der Waals surface area contributed by atoms with E-state index in [1.807, 2.05) is 23.1 Å². The van der Waals surface area contributed by atoms with Gasteiger partial charge in [0, 0.05) is 32.1 Å². The zero-order chi connectivity index (χ0) is 20.1. The van der Waals surface area contributed by atoms with Crippen molar-refractivity contribution in [3.63, 3.8) is 0 Å². The normalized spacial score (nSPS) is 18.1. The molecule has 1 saturated carbocycles. The van der Waals surface area contributed by atoms with E-state index >= 15 is 0 Å². The monoisotopic (exact) mass is 416 g/mol. The quantitative estimate of drug-likeness (QED) is 0.667. The summed E-state index contributed by atoms with van der Waals surface area (Å²) in [7, 11) is 1.69. The molecule has 1 aromatic heterocycles. The van der Waals surface area contributed by atoms with Crippen LogP contribution in [-0.4, -0.2) is 60.0 Å². The molecule has 1 amide bonds. The Hall–Kier alpha value is -2.22. The number of ether oxygens (including phenoxy) is 1. The molecule has 0 unspecified atom stereocenters. The van der Waals surface area contributed by atoms with E-state index in [1.165, 1.54) is 31.0 Å². The number of aromatic nitrogens is 2. The molecule has 1 aromatic carbocycles. The topological polar surface area (TPSA) is 71.7 Å². The average Bonchev–Trinajstić information content (AvgIpc) is 3.27. The van der Waals surface area contributed by atoms with Crippen LogP contribution >= 0.6 is 11.8 Å². The van der Waals surface area contributed by atoms with Crippen molar-refractivity contribution in [2.45, 2.75) is 43.2 Å². The Morgan fingerprint density at radius 2 is 1.90 bits per heavy atom. The van der Waals surface area contributed by atoms with Gasteiger partial charge in [0.2, 0.25) is 11.8 Å². The summed E-state index contributed by atoms with van der Waals surface area (Å²) in [6, 6.07) is 8.01. The zero-order valence-electron chi connectivity index (χ0n) is 16.9. The Bertz CT molecular complexity index is 814. The first kappa shape index (κ1) is 20.1.